The fraction of sp³-hybridized carbons (Fsp3) is 0.600. The first-order chi connectivity index (χ1) is 5.84. The van der Waals surface area contributed by atoms with Crippen LogP contribution in [-0.4, -0.2) is 10.1 Å². The fourth-order valence-electron chi connectivity index (χ4n) is 1.34. The van der Waals surface area contributed by atoms with Crippen LogP contribution < -0.4 is 0 Å². The summed E-state index contributed by atoms with van der Waals surface area (Å²) in [5, 5.41) is 9.25. The second kappa shape index (κ2) is 4.86. The van der Waals surface area contributed by atoms with Crippen LogP contribution in [0.1, 0.15) is 38.2 Å². The molecule has 2 N–H and O–H groups in total. The molecule has 2 heteroatoms. The van der Waals surface area contributed by atoms with Crippen LogP contribution in [0.5, 0.6) is 5.88 Å². The number of unbranched alkanes of at least 4 members (excludes halogenated alkanes) is 3. The van der Waals surface area contributed by atoms with Crippen LogP contribution in [0.4, 0.5) is 0 Å². The van der Waals surface area contributed by atoms with Crippen LogP contribution in [0, 0.1) is 0 Å². The van der Waals surface area contributed by atoms with Gasteiger partial charge in [0.1, 0.15) is 0 Å². The molecule has 0 saturated carbocycles. The Morgan fingerprint density at radius 3 is 2.75 bits per heavy atom. The summed E-state index contributed by atoms with van der Waals surface area (Å²) < 4.78 is 0. The van der Waals surface area contributed by atoms with E-state index in [1.54, 1.807) is 6.20 Å². The average molecular weight is 167 g/mol. The number of aryl methyl sites for hydroxylation is 1. The first-order valence-corrected chi connectivity index (χ1v) is 4.69. The Hall–Kier alpha value is -0.920. The molecule has 1 aromatic rings. The predicted molar refractivity (Wildman–Crippen MR) is 50.3 cm³/mol. The summed E-state index contributed by atoms with van der Waals surface area (Å²) in [5.41, 5.74) is 1.05. The molecule has 0 aliphatic heterocycles. The molecule has 0 amide bonds. The zero-order chi connectivity index (χ0) is 8.81. The van der Waals surface area contributed by atoms with Crippen LogP contribution in [0.3, 0.4) is 0 Å². The molecule has 0 unspecified atom stereocenters. The van der Waals surface area contributed by atoms with Gasteiger partial charge in [-0.15, -0.1) is 0 Å². The molecule has 12 heavy (non-hydrogen) atoms. The summed E-state index contributed by atoms with van der Waals surface area (Å²) >= 11 is 0. The lowest BCUT2D eigenvalue weighted by Gasteiger charge is -1.98. The Bertz CT molecular complexity index is 217. The first kappa shape index (κ1) is 9.17. The SMILES string of the molecule is CCCCCCc1cc[nH]c1O. The van der Waals surface area contributed by atoms with Crippen molar-refractivity contribution >= 4 is 0 Å². The van der Waals surface area contributed by atoms with Crippen LogP contribution in [0.2, 0.25) is 0 Å². The molecule has 1 aromatic heterocycles. The molecule has 68 valence electrons. The summed E-state index contributed by atoms with van der Waals surface area (Å²) in [6.07, 6.45) is 7.78. The highest BCUT2D eigenvalue weighted by Gasteiger charge is 1.99. The van der Waals surface area contributed by atoms with Crippen molar-refractivity contribution in [2.24, 2.45) is 0 Å². The highest BCUT2D eigenvalue weighted by molar-refractivity contribution is 5.24. The number of hydrogen-bond donors (Lipinski definition) is 2. The predicted octanol–water partition coefficient (Wildman–Crippen LogP) is 2.84. The summed E-state index contributed by atoms with van der Waals surface area (Å²) in [4.78, 5) is 2.77. The highest BCUT2D eigenvalue weighted by Crippen LogP contribution is 2.16. The van der Waals surface area contributed by atoms with Crippen LogP contribution in [-0.2, 0) is 6.42 Å². The van der Waals surface area contributed by atoms with Crippen molar-refractivity contribution in [1.29, 1.82) is 0 Å². The van der Waals surface area contributed by atoms with Crippen molar-refractivity contribution in [1.82, 2.24) is 4.98 Å². The van der Waals surface area contributed by atoms with Gasteiger partial charge in [0.2, 0.25) is 0 Å². The molecule has 1 rings (SSSR count). The van der Waals surface area contributed by atoms with Gasteiger partial charge < -0.3 is 10.1 Å². The quantitative estimate of drug-likeness (QED) is 0.650. The molecule has 0 atom stereocenters. The summed E-state index contributed by atoms with van der Waals surface area (Å²) in [6, 6.07) is 1.95. The number of nitrogens with one attached hydrogen (secondary N) is 1. The maximum atomic E-state index is 9.25. The third-order valence-electron chi connectivity index (χ3n) is 2.11. The van der Waals surface area contributed by atoms with Gasteiger partial charge in [0.25, 0.3) is 0 Å². The minimum absolute atomic E-state index is 0.339. The standard InChI is InChI=1S/C10H17NO/c1-2-3-4-5-6-9-7-8-11-10(9)12/h7-8,11-12H,2-6H2,1H3. The largest absolute Gasteiger partial charge is 0.494 e. The second-order valence-corrected chi connectivity index (χ2v) is 3.16. The van der Waals surface area contributed by atoms with Gasteiger partial charge in [-0.2, -0.15) is 0 Å². The molecule has 0 spiro atoms. The van der Waals surface area contributed by atoms with Gasteiger partial charge in [-0.05, 0) is 18.9 Å². The average Bonchev–Trinajstić information content (AvgIpc) is 2.46. The normalized spacial score (nSPS) is 10.4. The van der Waals surface area contributed by atoms with E-state index in [9.17, 15) is 5.11 Å². The number of rotatable bonds is 5. The Morgan fingerprint density at radius 1 is 1.33 bits per heavy atom. The minimum Gasteiger partial charge on any atom is -0.494 e. The van der Waals surface area contributed by atoms with Gasteiger partial charge in [0.05, 0.1) is 0 Å². The van der Waals surface area contributed by atoms with Crippen molar-refractivity contribution < 1.29 is 5.11 Å². The molecule has 0 aliphatic rings. The maximum absolute atomic E-state index is 9.25. The molecule has 0 bridgehead atoms. The maximum Gasteiger partial charge on any atom is 0.191 e. The molecule has 0 radical (unpaired) electrons. The van der Waals surface area contributed by atoms with Crippen molar-refractivity contribution in [3.05, 3.63) is 17.8 Å². The second-order valence-electron chi connectivity index (χ2n) is 3.16. The van der Waals surface area contributed by atoms with E-state index in [2.05, 4.69) is 11.9 Å². The summed E-state index contributed by atoms with van der Waals surface area (Å²) in [5.74, 6) is 0.339. The van der Waals surface area contributed by atoms with Gasteiger partial charge in [0, 0.05) is 11.8 Å². The topological polar surface area (TPSA) is 36.0 Å². The Balaban J connectivity index is 2.20. The van der Waals surface area contributed by atoms with E-state index in [-0.39, 0.29) is 0 Å². The van der Waals surface area contributed by atoms with Crippen LogP contribution in [0.25, 0.3) is 0 Å². The number of aromatic amines is 1. The van der Waals surface area contributed by atoms with Crippen molar-refractivity contribution in [2.75, 3.05) is 0 Å². The van der Waals surface area contributed by atoms with Gasteiger partial charge in [-0.1, -0.05) is 26.2 Å². The van der Waals surface area contributed by atoms with E-state index in [0.29, 0.717) is 5.88 Å². The highest BCUT2D eigenvalue weighted by atomic mass is 16.3. The molecule has 2 nitrogen and oxygen atoms in total. The van der Waals surface area contributed by atoms with Crippen molar-refractivity contribution in [2.45, 2.75) is 39.0 Å². The number of aromatic hydroxyl groups is 1. The third-order valence-corrected chi connectivity index (χ3v) is 2.11. The molecular weight excluding hydrogens is 150 g/mol. The molecular formula is C10H17NO. The molecule has 0 fully saturated rings. The van der Waals surface area contributed by atoms with E-state index in [1.165, 1.54) is 25.7 Å². The lowest BCUT2D eigenvalue weighted by Crippen LogP contribution is -1.83. The van der Waals surface area contributed by atoms with Gasteiger partial charge in [-0.3, -0.25) is 0 Å². The molecule has 0 saturated heterocycles. The van der Waals surface area contributed by atoms with Crippen molar-refractivity contribution in [3.63, 3.8) is 0 Å². The van der Waals surface area contributed by atoms with E-state index in [0.717, 1.165) is 12.0 Å². The van der Waals surface area contributed by atoms with Crippen molar-refractivity contribution in [3.8, 4) is 5.88 Å². The lowest BCUT2D eigenvalue weighted by molar-refractivity contribution is 0.449. The Morgan fingerprint density at radius 2 is 2.17 bits per heavy atom. The zero-order valence-electron chi connectivity index (χ0n) is 7.64. The summed E-state index contributed by atoms with van der Waals surface area (Å²) in [7, 11) is 0. The minimum atomic E-state index is 0.339. The van der Waals surface area contributed by atoms with E-state index < -0.39 is 0 Å². The smallest absolute Gasteiger partial charge is 0.191 e. The van der Waals surface area contributed by atoms with Gasteiger partial charge >= 0.3 is 0 Å². The number of aromatic nitrogens is 1. The summed E-state index contributed by atoms with van der Waals surface area (Å²) in [6.45, 7) is 2.20. The molecule has 0 aliphatic carbocycles. The Labute approximate surface area is 73.6 Å². The van der Waals surface area contributed by atoms with Crippen LogP contribution in [0.15, 0.2) is 12.3 Å². The lowest BCUT2D eigenvalue weighted by atomic mass is 10.1. The third kappa shape index (κ3) is 2.61. The number of hydrogen-bond acceptors (Lipinski definition) is 1. The van der Waals surface area contributed by atoms with E-state index in [4.69, 9.17) is 0 Å². The molecule has 1 heterocycles. The zero-order valence-corrected chi connectivity index (χ0v) is 7.64. The van der Waals surface area contributed by atoms with E-state index >= 15 is 0 Å². The molecule has 0 aromatic carbocycles. The Kier molecular flexibility index (Phi) is 3.71. The number of H-pyrrole nitrogens is 1. The fourth-order valence-corrected chi connectivity index (χ4v) is 1.34. The van der Waals surface area contributed by atoms with Gasteiger partial charge in [-0.25, -0.2) is 0 Å². The monoisotopic (exact) mass is 167 g/mol. The van der Waals surface area contributed by atoms with E-state index in [1.807, 2.05) is 6.07 Å². The van der Waals surface area contributed by atoms with Crippen LogP contribution >= 0.6 is 0 Å². The van der Waals surface area contributed by atoms with Gasteiger partial charge in [0.15, 0.2) is 5.88 Å². The first-order valence-electron chi connectivity index (χ1n) is 4.69.